The molecule has 0 radical (unpaired) electrons. The van der Waals surface area contributed by atoms with Crippen LogP contribution in [0.4, 0.5) is 0 Å². The van der Waals surface area contributed by atoms with Gasteiger partial charge in [-0.05, 0) is 23.9 Å². The number of aliphatic hydroxyl groups excluding tert-OH is 1. The Hall–Kier alpha value is -0.860. The molecule has 0 bridgehead atoms. The Morgan fingerprint density at radius 3 is 2.31 bits per heavy atom. The molecule has 16 heavy (non-hydrogen) atoms. The fourth-order valence-electron chi connectivity index (χ4n) is 1.89. The Kier molecular flexibility index (Phi) is 4.97. The van der Waals surface area contributed by atoms with Gasteiger partial charge in [-0.2, -0.15) is 0 Å². The monoisotopic (exact) mass is 221 g/mol. The molecule has 1 atom stereocenters. The molecule has 0 spiro atoms. The van der Waals surface area contributed by atoms with Gasteiger partial charge in [0.1, 0.15) is 0 Å². The van der Waals surface area contributed by atoms with E-state index in [4.69, 9.17) is 5.11 Å². The summed E-state index contributed by atoms with van der Waals surface area (Å²) in [6.07, 6.45) is 0.805. The summed E-state index contributed by atoms with van der Waals surface area (Å²) in [7, 11) is 0. The van der Waals surface area contributed by atoms with E-state index in [1.165, 1.54) is 5.56 Å². The third kappa shape index (κ3) is 3.95. The van der Waals surface area contributed by atoms with Gasteiger partial charge in [-0.1, -0.05) is 51.1 Å². The summed E-state index contributed by atoms with van der Waals surface area (Å²) in [6, 6.07) is 10.8. The van der Waals surface area contributed by atoms with Crippen molar-refractivity contribution in [3.63, 3.8) is 0 Å². The molecule has 1 rings (SSSR count). The second-order valence-electron chi connectivity index (χ2n) is 5.24. The summed E-state index contributed by atoms with van der Waals surface area (Å²) in [5.74, 6) is 0. The molecule has 1 aromatic carbocycles. The lowest BCUT2D eigenvalue weighted by Crippen LogP contribution is -2.33. The standard InChI is InChI=1S/C14H23NO/c1-14(2,3)13(15-10-7-11-16)12-8-5-4-6-9-12/h4-6,8-9,13,15-16H,7,10-11H2,1-3H3. The maximum absolute atomic E-state index is 8.81. The number of nitrogens with one attached hydrogen (secondary N) is 1. The molecule has 0 heterocycles. The van der Waals surface area contributed by atoms with E-state index in [2.05, 4.69) is 50.4 Å². The largest absolute Gasteiger partial charge is 0.396 e. The van der Waals surface area contributed by atoms with Crippen LogP contribution in [-0.2, 0) is 0 Å². The summed E-state index contributed by atoms with van der Waals surface area (Å²) in [5, 5.41) is 12.3. The zero-order chi connectivity index (χ0) is 12.0. The molecule has 1 unspecified atom stereocenters. The number of hydrogen-bond donors (Lipinski definition) is 2. The van der Waals surface area contributed by atoms with Crippen LogP contribution < -0.4 is 5.32 Å². The van der Waals surface area contributed by atoms with Gasteiger partial charge in [0.25, 0.3) is 0 Å². The maximum atomic E-state index is 8.81. The van der Waals surface area contributed by atoms with Gasteiger partial charge in [0, 0.05) is 12.6 Å². The van der Waals surface area contributed by atoms with Crippen LogP contribution in [0.15, 0.2) is 30.3 Å². The molecule has 0 saturated carbocycles. The predicted molar refractivity (Wildman–Crippen MR) is 68.3 cm³/mol. The summed E-state index contributed by atoms with van der Waals surface area (Å²) in [4.78, 5) is 0. The predicted octanol–water partition coefficient (Wildman–Crippen LogP) is 2.75. The lowest BCUT2D eigenvalue weighted by Gasteiger charge is -2.32. The fraction of sp³-hybridized carbons (Fsp3) is 0.571. The molecule has 0 aromatic heterocycles. The molecule has 2 heteroatoms. The highest BCUT2D eigenvalue weighted by Crippen LogP contribution is 2.32. The zero-order valence-electron chi connectivity index (χ0n) is 10.5. The molecule has 0 aliphatic heterocycles. The Bertz CT molecular complexity index is 289. The Balaban J connectivity index is 2.73. The van der Waals surface area contributed by atoms with Crippen LogP contribution in [-0.4, -0.2) is 18.3 Å². The first-order valence-corrected chi connectivity index (χ1v) is 5.95. The summed E-state index contributed by atoms with van der Waals surface area (Å²) in [5.41, 5.74) is 1.49. The van der Waals surface area contributed by atoms with Gasteiger partial charge in [-0.15, -0.1) is 0 Å². The average molecular weight is 221 g/mol. The van der Waals surface area contributed by atoms with E-state index < -0.39 is 0 Å². The Morgan fingerprint density at radius 2 is 1.81 bits per heavy atom. The maximum Gasteiger partial charge on any atom is 0.0443 e. The quantitative estimate of drug-likeness (QED) is 0.749. The molecular weight excluding hydrogens is 198 g/mol. The summed E-state index contributed by atoms with van der Waals surface area (Å²) < 4.78 is 0. The van der Waals surface area contributed by atoms with E-state index in [1.807, 2.05) is 6.07 Å². The van der Waals surface area contributed by atoms with E-state index in [9.17, 15) is 0 Å². The molecule has 0 saturated heterocycles. The van der Waals surface area contributed by atoms with Crippen LogP contribution in [0.1, 0.15) is 38.8 Å². The topological polar surface area (TPSA) is 32.3 Å². The van der Waals surface area contributed by atoms with Gasteiger partial charge in [0.2, 0.25) is 0 Å². The van der Waals surface area contributed by atoms with Crippen LogP contribution in [0.5, 0.6) is 0 Å². The molecule has 0 aliphatic rings. The van der Waals surface area contributed by atoms with Crippen molar-refractivity contribution < 1.29 is 5.11 Å². The van der Waals surface area contributed by atoms with Gasteiger partial charge in [-0.3, -0.25) is 0 Å². The second-order valence-corrected chi connectivity index (χ2v) is 5.24. The van der Waals surface area contributed by atoms with Crippen molar-refractivity contribution in [3.8, 4) is 0 Å². The number of aliphatic hydroxyl groups is 1. The Morgan fingerprint density at radius 1 is 1.19 bits per heavy atom. The molecule has 1 aromatic rings. The van der Waals surface area contributed by atoms with Gasteiger partial charge in [0.15, 0.2) is 0 Å². The van der Waals surface area contributed by atoms with Crippen LogP contribution in [0.25, 0.3) is 0 Å². The highest BCUT2D eigenvalue weighted by molar-refractivity contribution is 5.20. The van der Waals surface area contributed by atoms with Crippen LogP contribution >= 0.6 is 0 Å². The Labute approximate surface area is 98.7 Å². The van der Waals surface area contributed by atoms with Crippen molar-refractivity contribution in [1.82, 2.24) is 5.32 Å². The lowest BCUT2D eigenvalue weighted by atomic mass is 9.82. The third-order valence-corrected chi connectivity index (χ3v) is 2.68. The molecule has 0 aliphatic carbocycles. The molecular formula is C14H23NO. The van der Waals surface area contributed by atoms with E-state index in [0.29, 0.717) is 6.04 Å². The minimum atomic E-state index is 0.177. The van der Waals surface area contributed by atoms with Gasteiger partial charge >= 0.3 is 0 Å². The van der Waals surface area contributed by atoms with E-state index in [1.54, 1.807) is 0 Å². The first kappa shape index (κ1) is 13.2. The van der Waals surface area contributed by atoms with Gasteiger partial charge < -0.3 is 10.4 Å². The highest BCUT2D eigenvalue weighted by Gasteiger charge is 2.25. The van der Waals surface area contributed by atoms with Crippen molar-refractivity contribution in [2.45, 2.75) is 33.2 Å². The van der Waals surface area contributed by atoms with Crippen molar-refractivity contribution in [2.75, 3.05) is 13.2 Å². The minimum absolute atomic E-state index is 0.177. The van der Waals surface area contributed by atoms with E-state index in [0.717, 1.165) is 13.0 Å². The van der Waals surface area contributed by atoms with Crippen molar-refractivity contribution in [3.05, 3.63) is 35.9 Å². The molecule has 0 amide bonds. The van der Waals surface area contributed by atoms with Gasteiger partial charge in [0.05, 0.1) is 0 Å². The average Bonchev–Trinajstić information content (AvgIpc) is 2.24. The number of hydrogen-bond acceptors (Lipinski definition) is 2. The van der Waals surface area contributed by atoms with Gasteiger partial charge in [-0.25, -0.2) is 0 Å². The smallest absolute Gasteiger partial charge is 0.0443 e. The van der Waals surface area contributed by atoms with E-state index in [-0.39, 0.29) is 12.0 Å². The number of rotatable bonds is 5. The van der Waals surface area contributed by atoms with Crippen LogP contribution in [0.3, 0.4) is 0 Å². The van der Waals surface area contributed by atoms with Crippen molar-refractivity contribution in [1.29, 1.82) is 0 Å². The van der Waals surface area contributed by atoms with E-state index >= 15 is 0 Å². The molecule has 2 nitrogen and oxygen atoms in total. The fourth-order valence-corrected chi connectivity index (χ4v) is 1.89. The summed E-state index contributed by atoms with van der Waals surface area (Å²) >= 11 is 0. The molecule has 90 valence electrons. The minimum Gasteiger partial charge on any atom is -0.396 e. The van der Waals surface area contributed by atoms with Crippen molar-refractivity contribution in [2.24, 2.45) is 5.41 Å². The van der Waals surface area contributed by atoms with Crippen LogP contribution in [0, 0.1) is 5.41 Å². The highest BCUT2D eigenvalue weighted by atomic mass is 16.3. The summed E-state index contributed by atoms with van der Waals surface area (Å²) in [6.45, 7) is 7.80. The number of benzene rings is 1. The first-order chi connectivity index (χ1) is 7.55. The zero-order valence-corrected chi connectivity index (χ0v) is 10.5. The molecule has 0 fully saturated rings. The SMILES string of the molecule is CC(C)(C)C(NCCCO)c1ccccc1. The van der Waals surface area contributed by atoms with Crippen molar-refractivity contribution >= 4 is 0 Å². The molecule has 2 N–H and O–H groups in total. The third-order valence-electron chi connectivity index (χ3n) is 2.68. The first-order valence-electron chi connectivity index (χ1n) is 5.95. The normalized spacial score (nSPS) is 13.8. The van der Waals surface area contributed by atoms with Crippen LogP contribution in [0.2, 0.25) is 0 Å². The lowest BCUT2D eigenvalue weighted by molar-refractivity contribution is 0.249. The second kappa shape index (κ2) is 6.02.